The lowest BCUT2D eigenvalue weighted by molar-refractivity contribution is 1.12. The summed E-state index contributed by atoms with van der Waals surface area (Å²) in [6.45, 7) is 0. The highest BCUT2D eigenvalue weighted by molar-refractivity contribution is 7.27. The fourth-order valence-electron chi connectivity index (χ4n) is 1.22. The van der Waals surface area contributed by atoms with Gasteiger partial charge in [0.2, 0.25) is 0 Å². The lowest BCUT2D eigenvalue weighted by Crippen LogP contribution is -2.04. The molecular weight excluding hydrogens is 165 g/mol. The van der Waals surface area contributed by atoms with E-state index in [-0.39, 0.29) is 0 Å². The Hall–Kier alpha value is -1.07. The zero-order valence-electron chi connectivity index (χ0n) is 6.64. The third-order valence-electron chi connectivity index (χ3n) is 1.81. The van der Waals surface area contributed by atoms with E-state index in [4.69, 9.17) is 0 Å². The van der Waals surface area contributed by atoms with Crippen LogP contribution in [-0.2, 0) is 0 Å². The van der Waals surface area contributed by atoms with Crippen LogP contribution in [0.15, 0.2) is 48.7 Å². The maximum Gasteiger partial charge on any atom is 0.0455 e. The van der Waals surface area contributed by atoms with E-state index in [1.165, 1.54) is 11.1 Å². The summed E-state index contributed by atoms with van der Waals surface area (Å²) in [6.07, 6.45) is 2.05. The quantitative estimate of drug-likeness (QED) is 0.584. The van der Waals surface area contributed by atoms with Gasteiger partial charge < -0.3 is 4.57 Å². The Morgan fingerprint density at radius 2 is 1.67 bits per heavy atom. The summed E-state index contributed by atoms with van der Waals surface area (Å²) >= 11 is 0. The molecule has 2 heteroatoms. The van der Waals surface area contributed by atoms with Crippen LogP contribution >= 0.6 is 9.24 Å². The molecule has 0 fully saturated rings. The van der Waals surface area contributed by atoms with E-state index < -0.39 is 0 Å². The fourth-order valence-corrected chi connectivity index (χ4v) is 1.56. The van der Waals surface area contributed by atoms with Crippen molar-refractivity contribution in [2.24, 2.45) is 0 Å². The molecule has 2 aromatic rings. The van der Waals surface area contributed by atoms with Gasteiger partial charge in [0.05, 0.1) is 0 Å². The Morgan fingerprint density at radius 3 is 2.25 bits per heavy atom. The van der Waals surface area contributed by atoms with Gasteiger partial charge in [0.15, 0.2) is 0 Å². The lowest BCUT2D eigenvalue weighted by atomic mass is 10.3. The average Bonchev–Trinajstić information content (AvgIpc) is 2.53. The van der Waals surface area contributed by atoms with Crippen LogP contribution in [0.25, 0.3) is 5.69 Å². The Kier molecular flexibility index (Phi) is 1.97. The molecule has 0 saturated heterocycles. The monoisotopic (exact) mass is 175 g/mol. The summed E-state index contributed by atoms with van der Waals surface area (Å²) in [5.41, 5.74) is 2.38. The molecular formula is C10H10NP. The highest BCUT2D eigenvalue weighted by atomic mass is 31.0. The van der Waals surface area contributed by atoms with Gasteiger partial charge in [-0.2, -0.15) is 0 Å². The van der Waals surface area contributed by atoms with Gasteiger partial charge in [-0.25, -0.2) is 0 Å². The molecule has 1 nitrogen and oxygen atoms in total. The summed E-state index contributed by atoms with van der Waals surface area (Å²) in [7, 11) is 2.71. The van der Waals surface area contributed by atoms with Gasteiger partial charge in [-0.3, -0.25) is 0 Å². The third-order valence-corrected chi connectivity index (χ3v) is 2.29. The van der Waals surface area contributed by atoms with Crippen molar-refractivity contribution in [1.82, 2.24) is 4.57 Å². The van der Waals surface area contributed by atoms with Gasteiger partial charge >= 0.3 is 0 Å². The zero-order valence-corrected chi connectivity index (χ0v) is 7.80. The number of benzene rings is 1. The van der Waals surface area contributed by atoms with Crippen molar-refractivity contribution in [3.8, 4) is 5.69 Å². The molecule has 0 radical (unpaired) electrons. The number of hydrogen-bond acceptors (Lipinski definition) is 0. The number of hydrogen-bond donors (Lipinski definition) is 0. The summed E-state index contributed by atoms with van der Waals surface area (Å²) in [6, 6.07) is 14.4. The lowest BCUT2D eigenvalue weighted by Gasteiger charge is -2.04. The molecule has 0 aliphatic heterocycles. The second-order valence-corrected chi connectivity index (χ2v) is 3.23. The van der Waals surface area contributed by atoms with Crippen LogP contribution in [0.1, 0.15) is 0 Å². The minimum Gasteiger partial charge on any atom is -0.317 e. The predicted octanol–water partition coefficient (Wildman–Crippen LogP) is 1.98. The molecule has 0 aliphatic rings. The summed E-state index contributed by atoms with van der Waals surface area (Å²) in [4.78, 5) is 0. The van der Waals surface area contributed by atoms with Gasteiger partial charge in [0.25, 0.3) is 0 Å². The molecule has 1 unspecified atom stereocenters. The second-order valence-electron chi connectivity index (χ2n) is 2.64. The number of rotatable bonds is 1. The Labute approximate surface area is 74.2 Å². The van der Waals surface area contributed by atoms with Gasteiger partial charge in [-0.1, -0.05) is 27.4 Å². The standard InChI is InChI=1S/C10H10NP/c12-10-7-4-8-11(10)9-5-2-1-3-6-9/h1-8H,12H2. The maximum absolute atomic E-state index is 2.71. The van der Waals surface area contributed by atoms with Crippen LogP contribution in [0.2, 0.25) is 0 Å². The van der Waals surface area contributed by atoms with Crippen LogP contribution in [0.3, 0.4) is 0 Å². The van der Waals surface area contributed by atoms with E-state index in [1.54, 1.807) is 0 Å². The van der Waals surface area contributed by atoms with E-state index in [0.29, 0.717) is 0 Å². The van der Waals surface area contributed by atoms with E-state index in [1.807, 2.05) is 24.3 Å². The summed E-state index contributed by atoms with van der Waals surface area (Å²) in [5, 5.41) is 0. The van der Waals surface area contributed by atoms with Crippen LogP contribution in [-0.4, -0.2) is 4.57 Å². The molecule has 1 heterocycles. The normalized spacial score (nSPS) is 10.1. The molecule has 1 atom stereocenters. The number of para-hydroxylation sites is 1. The first-order valence-electron chi connectivity index (χ1n) is 3.86. The van der Waals surface area contributed by atoms with Crippen molar-refractivity contribution in [2.75, 3.05) is 0 Å². The fraction of sp³-hybridized carbons (Fsp3) is 0. The Bertz CT molecular complexity index is 364. The summed E-state index contributed by atoms with van der Waals surface area (Å²) in [5.74, 6) is 0. The smallest absolute Gasteiger partial charge is 0.0455 e. The first-order chi connectivity index (χ1) is 5.88. The zero-order chi connectivity index (χ0) is 8.39. The predicted molar refractivity (Wildman–Crippen MR) is 55.1 cm³/mol. The molecule has 0 saturated carbocycles. The van der Waals surface area contributed by atoms with Crippen molar-refractivity contribution in [3.05, 3.63) is 48.7 Å². The average molecular weight is 175 g/mol. The van der Waals surface area contributed by atoms with Gasteiger partial charge in [0.1, 0.15) is 0 Å². The number of nitrogens with zero attached hydrogens (tertiary/aromatic N) is 1. The van der Waals surface area contributed by atoms with E-state index >= 15 is 0 Å². The third kappa shape index (κ3) is 1.28. The SMILES string of the molecule is Pc1cccn1-c1ccccc1. The van der Waals surface area contributed by atoms with E-state index in [9.17, 15) is 0 Å². The van der Waals surface area contributed by atoms with Crippen molar-refractivity contribution >= 4 is 14.7 Å². The molecule has 0 aliphatic carbocycles. The van der Waals surface area contributed by atoms with Crippen LogP contribution < -0.4 is 5.44 Å². The highest BCUT2D eigenvalue weighted by Gasteiger charge is 1.95. The van der Waals surface area contributed by atoms with Crippen molar-refractivity contribution < 1.29 is 0 Å². The van der Waals surface area contributed by atoms with Crippen molar-refractivity contribution in [2.45, 2.75) is 0 Å². The first kappa shape index (κ1) is 7.57. The largest absolute Gasteiger partial charge is 0.317 e. The van der Waals surface area contributed by atoms with Gasteiger partial charge in [-0.15, -0.1) is 0 Å². The molecule has 12 heavy (non-hydrogen) atoms. The molecule has 0 spiro atoms. The van der Waals surface area contributed by atoms with E-state index in [0.717, 1.165) is 0 Å². The molecule has 60 valence electrons. The molecule has 0 bridgehead atoms. The minimum absolute atomic E-state index is 1.18. The minimum atomic E-state index is 1.18. The van der Waals surface area contributed by atoms with Crippen molar-refractivity contribution in [3.63, 3.8) is 0 Å². The van der Waals surface area contributed by atoms with Gasteiger partial charge in [-0.05, 0) is 24.3 Å². The number of aromatic nitrogens is 1. The van der Waals surface area contributed by atoms with Crippen LogP contribution in [0.5, 0.6) is 0 Å². The Balaban J connectivity index is 2.51. The van der Waals surface area contributed by atoms with Crippen LogP contribution in [0.4, 0.5) is 0 Å². The second kappa shape index (κ2) is 3.12. The first-order valence-corrected chi connectivity index (χ1v) is 4.44. The molecule has 1 aromatic heterocycles. The van der Waals surface area contributed by atoms with E-state index in [2.05, 4.69) is 38.2 Å². The van der Waals surface area contributed by atoms with Crippen molar-refractivity contribution in [1.29, 1.82) is 0 Å². The van der Waals surface area contributed by atoms with Gasteiger partial charge in [0, 0.05) is 17.3 Å². The highest BCUT2D eigenvalue weighted by Crippen LogP contribution is 2.06. The molecule has 0 N–H and O–H groups in total. The maximum atomic E-state index is 2.71. The molecule has 0 amide bonds. The Morgan fingerprint density at radius 1 is 0.917 bits per heavy atom. The molecule has 1 aromatic carbocycles. The molecule has 2 rings (SSSR count). The van der Waals surface area contributed by atoms with Crippen LogP contribution in [0, 0.1) is 0 Å². The summed E-state index contributed by atoms with van der Waals surface area (Å²) < 4.78 is 2.13. The topological polar surface area (TPSA) is 4.93 Å².